The fourth-order valence-corrected chi connectivity index (χ4v) is 3.91. The van der Waals surface area contributed by atoms with Gasteiger partial charge in [0.15, 0.2) is 0 Å². The van der Waals surface area contributed by atoms with Crippen LogP contribution in [-0.2, 0) is 12.8 Å². The maximum absolute atomic E-state index is 14.7. The van der Waals surface area contributed by atoms with E-state index in [9.17, 15) is 4.39 Å². The van der Waals surface area contributed by atoms with Gasteiger partial charge >= 0.3 is 0 Å². The molecule has 0 radical (unpaired) electrons. The van der Waals surface area contributed by atoms with Crippen molar-refractivity contribution in [2.75, 3.05) is 0 Å². The Balaban J connectivity index is 1.51. The Morgan fingerprint density at radius 3 is 2.12 bits per heavy atom. The Morgan fingerprint density at radius 1 is 0.781 bits per heavy atom. The molecule has 0 saturated heterocycles. The topological polar surface area (TPSA) is 0 Å². The summed E-state index contributed by atoms with van der Waals surface area (Å²) in [5.74, 6) is 6.31. The minimum absolute atomic E-state index is 0.137. The third-order valence-corrected chi connectivity index (χ3v) is 5.71. The first kappa shape index (κ1) is 21.6. The van der Waals surface area contributed by atoms with Gasteiger partial charge in [-0.3, -0.25) is 0 Å². The van der Waals surface area contributed by atoms with Crippen molar-refractivity contribution in [3.63, 3.8) is 0 Å². The standard InChI is InChI=1S/C31H27F/c1-3-5-7-28-19-20-29-22-25(14-21-30(29)31(28)32)9-8-24-12-17-27(18-13-24)26-15-10-23(6-4-2)11-16-26/h3,10-22H,1,4-7H2,2H3. The zero-order valence-electron chi connectivity index (χ0n) is 18.5. The molecule has 0 heterocycles. The minimum atomic E-state index is -0.137. The van der Waals surface area contributed by atoms with Crippen LogP contribution in [0.4, 0.5) is 4.39 Å². The molecule has 0 unspecified atom stereocenters. The van der Waals surface area contributed by atoms with Gasteiger partial charge < -0.3 is 0 Å². The predicted octanol–water partition coefficient (Wildman–Crippen LogP) is 8.12. The lowest BCUT2D eigenvalue weighted by Gasteiger charge is -2.06. The summed E-state index contributed by atoms with van der Waals surface area (Å²) in [7, 11) is 0. The van der Waals surface area contributed by atoms with Crippen molar-refractivity contribution in [1.82, 2.24) is 0 Å². The molecule has 158 valence electrons. The molecular weight excluding hydrogens is 391 g/mol. The zero-order valence-corrected chi connectivity index (χ0v) is 18.5. The molecule has 0 fully saturated rings. The number of hydrogen-bond donors (Lipinski definition) is 0. The van der Waals surface area contributed by atoms with E-state index in [1.165, 1.54) is 16.7 Å². The van der Waals surface area contributed by atoms with Gasteiger partial charge in [0.05, 0.1) is 0 Å². The van der Waals surface area contributed by atoms with E-state index in [0.29, 0.717) is 11.8 Å². The van der Waals surface area contributed by atoms with Gasteiger partial charge in [0, 0.05) is 16.5 Å². The van der Waals surface area contributed by atoms with E-state index in [1.54, 1.807) is 0 Å². The molecule has 0 saturated carbocycles. The van der Waals surface area contributed by atoms with Crippen molar-refractivity contribution in [3.05, 3.63) is 120 Å². The molecule has 0 atom stereocenters. The van der Waals surface area contributed by atoms with Gasteiger partial charge in [-0.05, 0) is 71.2 Å². The molecule has 1 heteroatoms. The summed E-state index contributed by atoms with van der Waals surface area (Å²) < 4.78 is 14.7. The Kier molecular flexibility index (Phi) is 6.83. The number of hydrogen-bond acceptors (Lipinski definition) is 0. The van der Waals surface area contributed by atoms with Crippen molar-refractivity contribution in [2.24, 2.45) is 0 Å². The van der Waals surface area contributed by atoms with Crippen LogP contribution in [0.2, 0.25) is 0 Å². The van der Waals surface area contributed by atoms with Crippen LogP contribution >= 0.6 is 0 Å². The van der Waals surface area contributed by atoms with E-state index in [-0.39, 0.29) is 5.82 Å². The van der Waals surface area contributed by atoms with Gasteiger partial charge in [0.25, 0.3) is 0 Å². The summed E-state index contributed by atoms with van der Waals surface area (Å²) >= 11 is 0. The minimum Gasteiger partial charge on any atom is -0.206 e. The molecule has 0 aliphatic carbocycles. The van der Waals surface area contributed by atoms with Gasteiger partial charge in [0.1, 0.15) is 5.82 Å². The summed E-state index contributed by atoms with van der Waals surface area (Å²) in [4.78, 5) is 0. The van der Waals surface area contributed by atoms with Gasteiger partial charge in [-0.1, -0.05) is 85.9 Å². The highest BCUT2D eigenvalue weighted by atomic mass is 19.1. The van der Waals surface area contributed by atoms with Crippen LogP contribution in [0.5, 0.6) is 0 Å². The smallest absolute Gasteiger partial charge is 0.134 e. The second-order valence-electron chi connectivity index (χ2n) is 8.08. The van der Waals surface area contributed by atoms with Gasteiger partial charge in [-0.25, -0.2) is 4.39 Å². The molecule has 0 aliphatic heterocycles. The third-order valence-electron chi connectivity index (χ3n) is 5.71. The molecular formula is C31H27F. The molecule has 4 aromatic carbocycles. The van der Waals surface area contributed by atoms with Crippen LogP contribution in [0, 0.1) is 17.7 Å². The SMILES string of the molecule is C=CCCc1ccc2cc(C#Cc3ccc(-c4ccc(CCC)cc4)cc3)ccc2c1F. The largest absolute Gasteiger partial charge is 0.206 e. The van der Waals surface area contributed by atoms with E-state index in [2.05, 4.69) is 73.9 Å². The van der Waals surface area contributed by atoms with Crippen molar-refractivity contribution in [2.45, 2.75) is 32.6 Å². The molecule has 0 spiro atoms. The van der Waals surface area contributed by atoms with Crippen LogP contribution in [0.3, 0.4) is 0 Å². The van der Waals surface area contributed by atoms with Crippen molar-refractivity contribution in [1.29, 1.82) is 0 Å². The molecule has 0 bridgehead atoms. The molecule has 0 nitrogen and oxygen atoms in total. The zero-order chi connectivity index (χ0) is 22.3. The van der Waals surface area contributed by atoms with E-state index < -0.39 is 0 Å². The van der Waals surface area contributed by atoms with Crippen LogP contribution in [0.15, 0.2) is 91.5 Å². The highest BCUT2D eigenvalue weighted by Crippen LogP contribution is 2.24. The molecule has 32 heavy (non-hydrogen) atoms. The Morgan fingerprint density at radius 2 is 1.44 bits per heavy atom. The summed E-state index contributed by atoms with van der Waals surface area (Å²) in [5.41, 5.74) is 6.35. The Bertz CT molecular complexity index is 1280. The molecule has 0 amide bonds. The quantitative estimate of drug-likeness (QED) is 0.219. The predicted molar refractivity (Wildman–Crippen MR) is 134 cm³/mol. The van der Waals surface area contributed by atoms with Gasteiger partial charge in [-0.2, -0.15) is 0 Å². The van der Waals surface area contributed by atoms with Crippen LogP contribution < -0.4 is 0 Å². The van der Waals surface area contributed by atoms with Crippen molar-refractivity contribution >= 4 is 10.8 Å². The first-order valence-corrected chi connectivity index (χ1v) is 11.2. The van der Waals surface area contributed by atoms with Crippen LogP contribution in [-0.4, -0.2) is 0 Å². The second-order valence-corrected chi connectivity index (χ2v) is 8.08. The molecule has 0 N–H and O–H groups in total. The second kappa shape index (κ2) is 10.1. The first-order chi connectivity index (χ1) is 15.7. The van der Waals surface area contributed by atoms with Gasteiger partial charge in [-0.15, -0.1) is 6.58 Å². The molecule has 0 aromatic heterocycles. The monoisotopic (exact) mass is 418 g/mol. The summed E-state index contributed by atoms with van der Waals surface area (Å²) in [6, 6.07) is 26.6. The van der Waals surface area contributed by atoms with Crippen molar-refractivity contribution < 1.29 is 4.39 Å². The maximum atomic E-state index is 14.7. The van der Waals surface area contributed by atoms with E-state index >= 15 is 0 Å². The number of aryl methyl sites for hydroxylation is 2. The summed E-state index contributed by atoms with van der Waals surface area (Å²) in [6.45, 7) is 5.92. The Labute approximate surface area is 190 Å². The number of allylic oxidation sites excluding steroid dienone is 1. The van der Waals surface area contributed by atoms with Crippen LogP contribution in [0.25, 0.3) is 21.9 Å². The molecule has 0 aliphatic rings. The maximum Gasteiger partial charge on any atom is 0.134 e. The normalized spacial score (nSPS) is 10.6. The lowest BCUT2D eigenvalue weighted by Crippen LogP contribution is -1.92. The lowest BCUT2D eigenvalue weighted by molar-refractivity contribution is 0.621. The fraction of sp³-hybridized carbons (Fsp3) is 0.161. The van der Waals surface area contributed by atoms with Gasteiger partial charge in [0.2, 0.25) is 0 Å². The number of rotatable bonds is 6. The van der Waals surface area contributed by atoms with E-state index in [4.69, 9.17) is 0 Å². The first-order valence-electron chi connectivity index (χ1n) is 11.2. The third kappa shape index (κ3) is 4.98. The highest BCUT2D eigenvalue weighted by molar-refractivity contribution is 5.85. The van der Waals surface area contributed by atoms with E-state index in [0.717, 1.165) is 41.3 Å². The number of halogens is 1. The summed E-state index contributed by atoms with van der Waals surface area (Å²) in [5, 5.41) is 1.52. The summed E-state index contributed by atoms with van der Waals surface area (Å²) in [6.07, 6.45) is 5.54. The molecule has 4 rings (SSSR count). The highest BCUT2D eigenvalue weighted by Gasteiger charge is 2.07. The number of benzene rings is 4. The van der Waals surface area contributed by atoms with E-state index in [1.807, 2.05) is 36.4 Å². The lowest BCUT2D eigenvalue weighted by atomic mass is 10.0. The molecule has 4 aromatic rings. The number of fused-ring (bicyclic) bond motifs is 1. The van der Waals surface area contributed by atoms with Crippen LogP contribution in [0.1, 0.15) is 42.0 Å². The average Bonchev–Trinajstić information content (AvgIpc) is 2.83. The average molecular weight is 419 g/mol. The van der Waals surface area contributed by atoms with Crippen molar-refractivity contribution in [3.8, 4) is 23.0 Å². The fourth-order valence-electron chi connectivity index (χ4n) is 3.91. The Hall–Kier alpha value is -3.63.